The van der Waals surface area contributed by atoms with Crippen LogP contribution >= 0.6 is 0 Å². The number of nitrogens with zero attached hydrogens (tertiary/aromatic N) is 4. The molecule has 4 heterocycles. The highest BCUT2D eigenvalue weighted by Crippen LogP contribution is 2.26. The molecule has 3 aromatic rings. The zero-order valence-electron chi connectivity index (χ0n) is 19.1. The first-order chi connectivity index (χ1) is 15.3. The minimum Gasteiger partial charge on any atom is -0.451 e. The zero-order chi connectivity index (χ0) is 22.7. The van der Waals surface area contributed by atoms with Crippen molar-refractivity contribution >= 4 is 17.1 Å². The van der Waals surface area contributed by atoms with Gasteiger partial charge in [-0.1, -0.05) is 12.1 Å². The number of hydrogen-bond acceptors (Lipinski definition) is 8. The molecule has 3 aromatic heterocycles. The van der Waals surface area contributed by atoms with Crippen molar-refractivity contribution in [3.8, 4) is 11.7 Å². The van der Waals surface area contributed by atoms with Crippen molar-refractivity contribution in [3.63, 3.8) is 0 Å². The van der Waals surface area contributed by atoms with E-state index in [0.717, 1.165) is 30.2 Å². The Morgan fingerprint density at radius 1 is 1.34 bits per heavy atom. The SMILES string of the molecule is CCC(Cc1noc(-c2cc3cnccc3o2)n1)NC1CCN(C(=O)OC(C)(C)C)CC1. The number of carbonyl (C=O) groups excluding carboxylic acids is 1. The van der Waals surface area contributed by atoms with Crippen LogP contribution in [0.4, 0.5) is 4.79 Å². The number of ether oxygens (including phenoxy) is 1. The number of rotatable bonds is 6. The van der Waals surface area contributed by atoms with Gasteiger partial charge in [0.1, 0.15) is 11.2 Å². The number of hydrogen-bond donors (Lipinski definition) is 1. The molecule has 4 rings (SSSR count). The van der Waals surface area contributed by atoms with E-state index in [2.05, 4.69) is 27.4 Å². The summed E-state index contributed by atoms with van der Waals surface area (Å²) in [5, 5.41) is 8.74. The van der Waals surface area contributed by atoms with Gasteiger partial charge in [0.05, 0.1) is 0 Å². The van der Waals surface area contributed by atoms with Gasteiger partial charge in [0.25, 0.3) is 5.89 Å². The Morgan fingerprint density at radius 3 is 2.81 bits per heavy atom. The Balaban J connectivity index is 1.30. The molecule has 0 spiro atoms. The fraction of sp³-hybridized carbons (Fsp3) is 0.565. The van der Waals surface area contributed by atoms with Crippen LogP contribution in [0.1, 0.15) is 52.8 Å². The van der Waals surface area contributed by atoms with E-state index in [1.165, 1.54) is 0 Å². The van der Waals surface area contributed by atoms with E-state index in [9.17, 15) is 4.79 Å². The Labute approximate surface area is 187 Å². The van der Waals surface area contributed by atoms with Crippen LogP contribution in [0.25, 0.3) is 22.6 Å². The van der Waals surface area contributed by atoms with Crippen LogP contribution < -0.4 is 5.32 Å². The van der Waals surface area contributed by atoms with E-state index in [1.54, 1.807) is 23.4 Å². The van der Waals surface area contributed by atoms with E-state index < -0.39 is 5.60 Å². The standard InChI is InChI=1S/C23H31N5O4/c1-5-16(25-17-7-10-28(11-8-17)22(29)31-23(2,3)4)13-20-26-21(32-27-20)19-12-15-14-24-9-6-18(15)30-19/h6,9,12,14,16-17,25H,5,7-8,10-11,13H2,1-4H3. The maximum absolute atomic E-state index is 12.3. The van der Waals surface area contributed by atoms with Crippen molar-refractivity contribution in [1.82, 2.24) is 25.3 Å². The second-order valence-corrected chi connectivity index (χ2v) is 9.26. The third-order valence-corrected chi connectivity index (χ3v) is 5.54. The molecule has 172 valence electrons. The summed E-state index contributed by atoms with van der Waals surface area (Å²) in [6.07, 6.45) is 6.57. The fourth-order valence-corrected chi connectivity index (χ4v) is 3.86. The molecular formula is C23H31N5O4. The molecule has 32 heavy (non-hydrogen) atoms. The predicted octanol–water partition coefficient (Wildman–Crippen LogP) is 4.19. The summed E-state index contributed by atoms with van der Waals surface area (Å²) < 4.78 is 16.7. The molecule has 9 nitrogen and oxygen atoms in total. The molecule has 1 amide bonds. The highest BCUT2D eigenvalue weighted by molar-refractivity contribution is 5.80. The topological polar surface area (TPSA) is 107 Å². The van der Waals surface area contributed by atoms with Crippen molar-refractivity contribution < 1.29 is 18.5 Å². The van der Waals surface area contributed by atoms with Gasteiger partial charge in [-0.15, -0.1) is 0 Å². The average molecular weight is 442 g/mol. The molecule has 0 aromatic carbocycles. The summed E-state index contributed by atoms with van der Waals surface area (Å²) in [4.78, 5) is 22.7. The van der Waals surface area contributed by atoms with Crippen LogP contribution in [-0.4, -0.2) is 56.9 Å². The van der Waals surface area contributed by atoms with Gasteiger partial charge in [-0.25, -0.2) is 4.79 Å². The van der Waals surface area contributed by atoms with E-state index in [0.29, 0.717) is 43.0 Å². The molecule has 0 radical (unpaired) electrons. The number of piperidine rings is 1. The summed E-state index contributed by atoms with van der Waals surface area (Å²) in [6.45, 7) is 9.19. The highest BCUT2D eigenvalue weighted by atomic mass is 16.6. The monoisotopic (exact) mass is 441 g/mol. The molecule has 0 bridgehead atoms. The molecule has 1 saturated heterocycles. The average Bonchev–Trinajstić information content (AvgIpc) is 3.39. The first kappa shape index (κ1) is 22.3. The van der Waals surface area contributed by atoms with Crippen LogP contribution in [0.2, 0.25) is 0 Å². The lowest BCUT2D eigenvalue weighted by molar-refractivity contribution is 0.0195. The molecule has 1 fully saturated rings. The number of aromatic nitrogens is 3. The number of amides is 1. The van der Waals surface area contributed by atoms with E-state index in [4.69, 9.17) is 13.7 Å². The van der Waals surface area contributed by atoms with Crippen LogP contribution in [0, 0.1) is 0 Å². The fourth-order valence-electron chi connectivity index (χ4n) is 3.86. The van der Waals surface area contributed by atoms with Crippen molar-refractivity contribution in [2.24, 2.45) is 0 Å². The van der Waals surface area contributed by atoms with Gasteiger partial charge in [0.15, 0.2) is 11.6 Å². The van der Waals surface area contributed by atoms with Crippen molar-refractivity contribution in [2.75, 3.05) is 13.1 Å². The van der Waals surface area contributed by atoms with Crippen LogP contribution in [0.15, 0.2) is 33.5 Å². The predicted molar refractivity (Wildman–Crippen MR) is 119 cm³/mol. The first-order valence-electron chi connectivity index (χ1n) is 11.2. The van der Waals surface area contributed by atoms with Gasteiger partial charge in [0, 0.05) is 49.4 Å². The van der Waals surface area contributed by atoms with Gasteiger partial charge >= 0.3 is 6.09 Å². The van der Waals surface area contributed by atoms with Gasteiger partial charge in [-0.3, -0.25) is 4.98 Å². The van der Waals surface area contributed by atoms with Crippen LogP contribution in [0.5, 0.6) is 0 Å². The minimum absolute atomic E-state index is 0.221. The zero-order valence-corrected chi connectivity index (χ0v) is 19.1. The lowest BCUT2D eigenvalue weighted by Crippen LogP contribution is -2.49. The maximum atomic E-state index is 12.3. The normalized spacial score (nSPS) is 16.4. The summed E-state index contributed by atoms with van der Waals surface area (Å²) in [5.74, 6) is 1.56. The van der Waals surface area contributed by atoms with Crippen molar-refractivity contribution in [1.29, 1.82) is 0 Å². The third kappa shape index (κ3) is 5.45. The molecule has 9 heteroatoms. The molecule has 1 unspecified atom stereocenters. The number of furan rings is 1. The largest absolute Gasteiger partial charge is 0.451 e. The number of nitrogens with one attached hydrogen (secondary N) is 1. The molecule has 1 aliphatic rings. The Morgan fingerprint density at radius 2 is 2.12 bits per heavy atom. The van der Waals surface area contributed by atoms with Gasteiger partial charge in [-0.05, 0) is 52.2 Å². The molecule has 1 N–H and O–H groups in total. The van der Waals surface area contributed by atoms with Crippen molar-refractivity contribution in [2.45, 2.75) is 71.1 Å². The third-order valence-electron chi connectivity index (χ3n) is 5.54. The van der Waals surface area contributed by atoms with Crippen LogP contribution in [-0.2, 0) is 11.2 Å². The summed E-state index contributed by atoms with van der Waals surface area (Å²) in [7, 11) is 0. The van der Waals surface area contributed by atoms with E-state index >= 15 is 0 Å². The first-order valence-corrected chi connectivity index (χ1v) is 11.2. The summed E-state index contributed by atoms with van der Waals surface area (Å²) in [6, 6.07) is 4.22. The summed E-state index contributed by atoms with van der Waals surface area (Å²) in [5.41, 5.74) is 0.267. The van der Waals surface area contributed by atoms with Gasteiger partial charge in [0.2, 0.25) is 0 Å². The number of carbonyl (C=O) groups is 1. The highest BCUT2D eigenvalue weighted by Gasteiger charge is 2.28. The quantitative estimate of drug-likeness (QED) is 0.607. The maximum Gasteiger partial charge on any atom is 0.410 e. The second-order valence-electron chi connectivity index (χ2n) is 9.26. The Kier molecular flexibility index (Phi) is 6.45. The molecule has 0 aliphatic carbocycles. The molecule has 0 saturated carbocycles. The van der Waals surface area contributed by atoms with Gasteiger partial charge < -0.3 is 23.9 Å². The smallest absolute Gasteiger partial charge is 0.410 e. The summed E-state index contributed by atoms with van der Waals surface area (Å²) >= 11 is 0. The van der Waals surface area contributed by atoms with Crippen LogP contribution in [0.3, 0.4) is 0 Å². The molecule has 1 aliphatic heterocycles. The number of pyridine rings is 1. The van der Waals surface area contributed by atoms with Crippen molar-refractivity contribution in [3.05, 3.63) is 30.4 Å². The lowest BCUT2D eigenvalue weighted by atomic mass is 10.0. The Bertz CT molecular complexity index is 1010. The lowest BCUT2D eigenvalue weighted by Gasteiger charge is -2.35. The van der Waals surface area contributed by atoms with Gasteiger partial charge in [-0.2, -0.15) is 4.98 Å². The van der Waals surface area contributed by atoms with E-state index in [-0.39, 0.29) is 12.1 Å². The second kappa shape index (κ2) is 9.28. The molecule has 1 atom stereocenters. The minimum atomic E-state index is -0.470. The van der Waals surface area contributed by atoms with E-state index in [1.807, 2.05) is 26.8 Å². The Hall–Kier alpha value is -2.94. The molecular weight excluding hydrogens is 410 g/mol. The number of likely N-dealkylation sites (tertiary alicyclic amines) is 1. The number of fused-ring (bicyclic) bond motifs is 1.